The van der Waals surface area contributed by atoms with Crippen LogP contribution in [0, 0.1) is 11.7 Å². The first kappa shape index (κ1) is 12.0. The summed E-state index contributed by atoms with van der Waals surface area (Å²) in [6.07, 6.45) is 5.22. The number of hydrogen-bond donors (Lipinski definition) is 1. The summed E-state index contributed by atoms with van der Waals surface area (Å²) in [4.78, 5) is 2.47. The zero-order valence-corrected chi connectivity index (χ0v) is 10.9. The number of benzene rings is 1. The van der Waals surface area contributed by atoms with Crippen molar-refractivity contribution in [3.05, 3.63) is 29.6 Å². The highest BCUT2D eigenvalue weighted by atomic mass is 19.1. The summed E-state index contributed by atoms with van der Waals surface area (Å²) in [7, 11) is 0. The first-order valence-electron chi connectivity index (χ1n) is 6.97. The minimum atomic E-state index is -0.187. The summed E-state index contributed by atoms with van der Waals surface area (Å²) in [5.41, 5.74) is 8.10. The summed E-state index contributed by atoms with van der Waals surface area (Å²) in [5, 5.41) is 0. The van der Waals surface area contributed by atoms with Crippen LogP contribution in [0.3, 0.4) is 0 Å². The standard InChI is InChI=1S/C15H21FN2/c1-10(17)14-8-12(16)4-7-15(14)18(13-5-6-13)9-11-2-3-11/h4,7-8,10-11,13H,2-3,5-6,9,17H2,1H3/t10-/m0/s1. The van der Waals surface area contributed by atoms with Crippen molar-refractivity contribution in [2.45, 2.75) is 44.7 Å². The summed E-state index contributed by atoms with van der Waals surface area (Å²) in [6, 6.07) is 5.62. The lowest BCUT2D eigenvalue weighted by Crippen LogP contribution is -2.30. The lowest BCUT2D eigenvalue weighted by Gasteiger charge is -2.28. The van der Waals surface area contributed by atoms with E-state index in [0.29, 0.717) is 6.04 Å². The average Bonchev–Trinajstić information content (AvgIpc) is 3.19. The molecule has 0 aliphatic heterocycles. The van der Waals surface area contributed by atoms with Gasteiger partial charge in [-0.2, -0.15) is 0 Å². The van der Waals surface area contributed by atoms with Gasteiger partial charge in [-0.1, -0.05) is 0 Å². The fourth-order valence-corrected chi connectivity index (χ4v) is 2.56. The molecule has 0 saturated heterocycles. The van der Waals surface area contributed by atoms with E-state index in [-0.39, 0.29) is 11.9 Å². The molecule has 2 N–H and O–H groups in total. The van der Waals surface area contributed by atoms with E-state index < -0.39 is 0 Å². The molecular formula is C15H21FN2. The molecule has 0 amide bonds. The molecule has 0 heterocycles. The maximum Gasteiger partial charge on any atom is 0.123 e. The van der Waals surface area contributed by atoms with Gasteiger partial charge in [0.25, 0.3) is 0 Å². The Kier molecular flexibility index (Phi) is 3.02. The minimum Gasteiger partial charge on any atom is -0.368 e. The van der Waals surface area contributed by atoms with Crippen molar-refractivity contribution in [1.82, 2.24) is 0 Å². The number of nitrogens with zero attached hydrogens (tertiary/aromatic N) is 1. The SMILES string of the molecule is C[C@H](N)c1cc(F)ccc1N(CC1CC1)C1CC1. The smallest absolute Gasteiger partial charge is 0.123 e. The Morgan fingerprint density at radius 1 is 1.33 bits per heavy atom. The zero-order valence-electron chi connectivity index (χ0n) is 10.9. The van der Waals surface area contributed by atoms with Gasteiger partial charge in [0, 0.05) is 24.3 Å². The van der Waals surface area contributed by atoms with Crippen molar-refractivity contribution < 1.29 is 4.39 Å². The van der Waals surface area contributed by atoms with E-state index in [4.69, 9.17) is 5.73 Å². The molecule has 18 heavy (non-hydrogen) atoms. The molecule has 1 atom stereocenters. The molecule has 0 unspecified atom stereocenters. The maximum atomic E-state index is 13.4. The second-order valence-corrected chi connectivity index (χ2v) is 5.82. The first-order valence-corrected chi connectivity index (χ1v) is 6.97. The predicted molar refractivity (Wildman–Crippen MR) is 72.1 cm³/mol. The third-order valence-corrected chi connectivity index (χ3v) is 3.93. The lowest BCUT2D eigenvalue weighted by atomic mass is 10.0. The van der Waals surface area contributed by atoms with Crippen LogP contribution in [-0.4, -0.2) is 12.6 Å². The number of halogens is 1. The predicted octanol–water partition coefficient (Wildman–Crippen LogP) is 3.22. The number of hydrogen-bond acceptors (Lipinski definition) is 2. The van der Waals surface area contributed by atoms with Crippen LogP contribution < -0.4 is 10.6 Å². The molecule has 1 aromatic carbocycles. The van der Waals surface area contributed by atoms with Gasteiger partial charge in [-0.3, -0.25) is 0 Å². The summed E-state index contributed by atoms with van der Waals surface area (Å²) >= 11 is 0. The Morgan fingerprint density at radius 3 is 2.61 bits per heavy atom. The highest BCUT2D eigenvalue weighted by Gasteiger charge is 2.34. The third-order valence-electron chi connectivity index (χ3n) is 3.93. The van der Waals surface area contributed by atoms with Gasteiger partial charge in [-0.15, -0.1) is 0 Å². The summed E-state index contributed by atoms with van der Waals surface area (Å²) in [5.74, 6) is 0.657. The summed E-state index contributed by atoms with van der Waals surface area (Å²) in [6.45, 7) is 3.05. The largest absolute Gasteiger partial charge is 0.368 e. The molecule has 98 valence electrons. The Hall–Kier alpha value is -1.09. The van der Waals surface area contributed by atoms with E-state index in [0.717, 1.165) is 23.7 Å². The van der Waals surface area contributed by atoms with Crippen molar-refractivity contribution in [1.29, 1.82) is 0 Å². The third kappa shape index (κ3) is 2.51. The van der Waals surface area contributed by atoms with Crippen molar-refractivity contribution in [3.8, 4) is 0 Å². The molecule has 2 fully saturated rings. The van der Waals surface area contributed by atoms with Crippen LogP contribution in [0.1, 0.15) is 44.2 Å². The van der Waals surface area contributed by atoms with Gasteiger partial charge in [0.15, 0.2) is 0 Å². The molecular weight excluding hydrogens is 227 g/mol. The van der Waals surface area contributed by atoms with Gasteiger partial charge in [0.05, 0.1) is 0 Å². The van der Waals surface area contributed by atoms with Crippen molar-refractivity contribution in [2.24, 2.45) is 11.7 Å². The quantitative estimate of drug-likeness (QED) is 0.867. The number of anilines is 1. The first-order chi connectivity index (χ1) is 8.65. The van der Waals surface area contributed by atoms with Gasteiger partial charge < -0.3 is 10.6 Å². The van der Waals surface area contributed by atoms with Gasteiger partial charge >= 0.3 is 0 Å². The molecule has 0 aromatic heterocycles. The fraction of sp³-hybridized carbons (Fsp3) is 0.600. The molecule has 3 rings (SSSR count). The van der Waals surface area contributed by atoms with Crippen LogP contribution in [-0.2, 0) is 0 Å². The Bertz CT molecular complexity index is 436. The van der Waals surface area contributed by atoms with Crippen LogP contribution in [0.5, 0.6) is 0 Å². The molecule has 3 heteroatoms. The molecule has 0 spiro atoms. The van der Waals surface area contributed by atoms with Crippen LogP contribution in [0.15, 0.2) is 18.2 Å². The Morgan fingerprint density at radius 2 is 2.06 bits per heavy atom. The lowest BCUT2D eigenvalue weighted by molar-refractivity contribution is 0.620. The van der Waals surface area contributed by atoms with E-state index in [1.54, 1.807) is 12.1 Å². The van der Waals surface area contributed by atoms with Crippen molar-refractivity contribution in [2.75, 3.05) is 11.4 Å². The van der Waals surface area contributed by atoms with Crippen LogP contribution in [0.25, 0.3) is 0 Å². The van der Waals surface area contributed by atoms with Gasteiger partial charge in [0.2, 0.25) is 0 Å². The number of rotatable bonds is 5. The molecule has 0 radical (unpaired) electrons. The van der Waals surface area contributed by atoms with E-state index in [2.05, 4.69) is 4.90 Å². The van der Waals surface area contributed by atoms with Crippen LogP contribution in [0.4, 0.5) is 10.1 Å². The second-order valence-electron chi connectivity index (χ2n) is 5.82. The Balaban J connectivity index is 1.91. The molecule has 2 aliphatic carbocycles. The Labute approximate surface area is 108 Å². The maximum absolute atomic E-state index is 13.4. The summed E-state index contributed by atoms with van der Waals surface area (Å²) < 4.78 is 13.4. The molecule has 2 aliphatic rings. The van der Waals surface area contributed by atoms with Crippen LogP contribution in [0.2, 0.25) is 0 Å². The molecule has 2 nitrogen and oxygen atoms in total. The van der Waals surface area contributed by atoms with Crippen molar-refractivity contribution in [3.63, 3.8) is 0 Å². The van der Waals surface area contributed by atoms with Gasteiger partial charge in [-0.05, 0) is 62.3 Å². The molecule has 0 bridgehead atoms. The van der Waals surface area contributed by atoms with Gasteiger partial charge in [-0.25, -0.2) is 4.39 Å². The molecule has 2 saturated carbocycles. The van der Waals surface area contributed by atoms with Crippen LogP contribution >= 0.6 is 0 Å². The minimum absolute atomic E-state index is 0.115. The highest BCUT2D eigenvalue weighted by molar-refractivity contribution is 5.57. The van der Waals surface area contributed by atoms with E-state index in [1.807, 2.05) is 13.0 Å². The van der Waals surface area contributed by atoms with Crippen molar-refractivity contribution >= 4 is 5.69 Å². The van der Waals surface area contributed by atoms with E-state index >= 15 is 0 Å². The van der Waals surface area contributed by atoms with E-state index in [9.17, 15) is 4.39 Å². The molecule has 1 aromatic rings. The highest BCUT2D eigenvalue weighted by Crippen LogP contribution is 2.39. The zero-order chi connectivity index (χ0) is 12.7. The van der Waals surface area contributed by atoms with E-state index in [1.165, 1.54) is 25.7 Å². The van der Waals surface area contributed by atoms with Gasteiger partial charge in [0.1, 0.15) is 5.82 Å². The fourth-order valence-electron chi connectivity index (χ4n) is 2.56. The second kappa shape index (κ2) is 4.54. The number of nitrogens with two attached hydrogens (primary N) is 1. The normalized spacial score (nSPS) is 20.8. The average molecular weight is 248 g/mol. The monoisotopic (exact) mass is 248 g/mol. The topological polar surface area (TPSA) is 29.3 Å².